The molecule has 9 atom stereocenters. The molecule has 0 aliphatic heterocycles. The molecule has 3 saturated carbocycles. The van der Waals surface area contributed by atoms with Gasteiger partial charge in [-0.15, -0.1) is 0 Å². The summed E-state index contributed by atoms with van der Waals surface area (Å²) in [5.74, 6) is -2.38. The van der Waals surface area contributed by atoms with Gasteiger partial charge >= 0.3 is 5.97 Å². The minimum absolute atomic E-state index is 0.117. The topological polar surface area (TPSA) is 101 Å². The van der Waals surface area contributed by atoms with Crippen LogP contribution in [0.25, 0.3) is 0 Å². The van der Waals surface area contributed by atoms with Crippen LogP contribution in [0.3, 0.4) is 0 Å². The van der Waals surface area contributed by atoms with E-state index in [0.717, 1.165) is 0 Å². The minimum atomic E-state index is -1.82. The van der Waals surface area contributed by atoms with Crippen molar-refractivity contribution in [1.29, 1.82) is 0 Å². The lowest BCUT2D eigenvalue weighted by Gasteiger charge is -2.65. The maximum atomic E-state index is 15.6. The lowest BCUT2D eigenvalue weighted by Crippen LogP contribution is -2.67. The Morgan fingerprint density at radius 2 is 1.80 bits per heavy atom. The number of hydrogen-bond acceptors (Lipinski definition) is 6. The van der Waals surface area contributed by atoms with Crippen LogP contribution >= 0.6 is 0 Å². The number of esters is 1. The van der Waals surface area contributed by atoms with Crippen LogP contribution in [0.5, 0.6) is 0 Å². The van der Waals surface area contributed by atoms with Crippen molar-refractivity contribution in [3.63, 3.8) is 0 Å². The monoisotopic (exact) mass is 490 g/mol. The van der Waals surface area contributed by atoms with Crippen LogP contribution in [0.4, 0.5) is 4.39 Å². The smallest absolute Gasteiger partial charge is 0.311 e. The Balaban J connectivity index is 1.72. The highest BCUT2D eigenvalue weighted by molar-refractivity contribution is 6.01. The van der Waals surface area contributed by atoms with Gasteiger partial charge in [0, 0.05) is 16.2 Å². The fourth-order valence-electron chi connectivity index (χ4n) is 7.99. The van der Waals surface area contributed by atoms with E-state index in [1.165, 1.54) is 12.2 Å². The minimum Gasteiger partial charge on any atom is -0.457 e. The van der Waals surface area contributed by atoms with Crippen molar-refractivity contribution in [2.75, 3.05) is 6.61 Å². The Kier molecular flexibility index (Phi) is 5.85. The molecule has 0 amide bonds. The molecule has 35 heavy (non-hydrogen) atoms. The second-order valence-corrected chi connectivity index (χ2v) is 13.0. The SMILES string of the molecule is C[C@@H]1CC2C3C[C@H](F)C4=CC(=O)C=C[C@]4(C)[C@@]3(C)[C@@H](O)C[C@]2(C)[C@@]1(O)C(=O)COC(=O)C(C)(C)C. The second kappa shape index (κ2) is 7.82. The first-order valence-electron chi connectivity index (χ1n) is 12.6. The first-order valence-corrected chi connectivity index (χ1v) is 12.6. The number of carbonyl (C=O) groups excluding carboxylic acids is 3. The molecule has 4 rings (SSSR count). The number of aliphatic hydroxyl groups is 2. The highest BCUT2D eigenvalue weighted by Gasteiger charge is 2.74. The number of ether oxygens (including phenoxy) is 1. The number of hydrogen-bond donors (Lipinski definition) is 2. The lowest BCUT2D eigenvalue weighted by molar-refractivity contribution is -0.213. The fourth-order valence-corrected chi connectivity index (χ4v) is 7.99. The zero-order chi connectivity index (χ0) is 26.4. The van der Waals surface area contributed by atoms with E-state index in [1.54, 1.807) is 33.8 Å². The van der Waals surface area contributed by atoms with Gasteiger partial charge in [0.15, 0.2) is 12.4 Å². The quantitative estimate of drug-likeness (QED) is 0.585. The molecule has 0 radical (unpaired) electrons. The van der Waals surface area contributed by atoms with Gasteiger partial charge in [-0.25, -0.2) is 4.39 Å². The number of ketones is 2. The molecule has 3 fully saturated rings. The number of fused-ring (bicyclic) bond motifs is 5. The summed E-state index contributed by atoms with van der Waals surface area (Å²) in [6.07, 6.45) is 3.00. The summed E-state index contributed by atoms with van der Waals surface area (Å²) < 4.78 is 20.9. The van der Waals surface area contributed by atoms with Gasteiger partial charge in [-0.3, -0.25) is 14.4 Å². The maximum Gasteiger partial charge on any atom is 0.311 e. The molecule has 0 aromatic carbocycles. The number of allylic oxidation sites excluding steroid dienone is 4. The maximum absolute atomic E-state index is 15.6. The first-order chi connectivity index (χ1) is 15.9. The zero-order valence-corrected chi connectivity index (χ0v) is 21.9. The van der Waals surface area contributed by atoms with Gasteiger partial charge in [0.25, 0.3) is 0 Å². The molecule has 0 heterocycles. The molecule has 4 aliphatic carbocycles. The third-order valence-corrected chi connectivity index (χ3v) is 10.3. The van der Waals surface area contributed by atoms with E-state index in [-0.39, 0.29) is 30.5 Å². The van der Waals surface area contributed by atoms with Crippen LogP contribution in [0.1, 0.15) is 67.7 Å². The Labute approximate surface area is 207 Å². The molecule has 2 N–H and O–H groups in total. The summed E-state index contributed by atoms with van der Waals surface area (Å²) in [4.78, 5) is 37.8. The van der Waals surface area contributed by atoms with Crippen molar-refractivity contribution < 1.29 is 33.7 Å². The summed E-state index contributed by atoms with van der Waals surface area (Å²) in [5, 5.41) is 23.7. The van der Waals surface area contributed by atoms with Crippen LogP contribution in [0.2, 0.25) is 0 Å². The van der Waals surface area contributed by atoms with Crippen LogP contribution in [-0.4, -0.2) is 52.2 Å². The Hall–Kier alpha value is -1.86. The summed E-state index contributed by atoms with van der Waals surface area (Å²) in [6, 6.07) is 0. The molecule has 4 aliphatic rings. The molecule has 0 saturated heterocycles. The van der Waals surface area contributed by atoms with Gasteiger partial charge in [-0.2, -0.15) is 0 Å². The van der Waals surface area contributed by atoms with Gasteiger partial charge in [0.1, 0.15) is 11.8 Å². The van der Waals surface area contributed by atoms with Crippen molar-refractivity contribution in [1.82, 2.24) is 0 Å². The molecular weight excluding hydrogens is 451 g/mol. The molecule has 0 aromatic rings. The largest absolute Gasteiger partial charge is 0.457 e. The van der Waals surface area contributed by atoms with Gasteiger partial charge in [-0.05, 0) is 75.5 Å². The van der Waals surface area contributed by atoms with E-state index in [9.17, 15) is 24.6 Å². The number of aliphatic hydroxyl groups excluding tert-OH is 1. The Morgan fingerprint density at radius 1 is 1.17 bits per heavy atom. The second-order valence-electron chi connectivity index (χ2n) is 13.0. The fraction of sp³-hybridized carbons (Fsp3) is 0.750. The standard InChI is InChI=1S/C28H39FO6/c1-15-10-17-18-12-20(29)19-11-16(30)8-9-25(19,5)27(18,7)21(31)13-26(17,6)28(15,34)22(32)14-35-23(33)24(2,3)4/h8-9,11,15,17-18,20-21,31,34H,10,12-14H2,1-7H3/t15-,17?,18?,20+,21+,25+,26+,27-,28+/m1/s1. The van der Waals surface area contributed by atoms with E-state index in [4.69, 9.17) is 4.74 Å². The molecule has 0 bridgehead atoms. The predicted octanol–water partition coefficient (Wildman–Crippen LogP) is 3.74. The average Bonchev–Trinajstić information content (AvgIpc) is 2.96. The van der Waals surface area contributed by atoms with Crippen LogP contribution in [0.15, 0.2) is 23.8 Å². The molecule has 7 heteroatoms. The zero-order valence-electron chi connectivity index (χ0n) is 21.9. The number of Topliss-reactive ketones (excluding diaryl/α,β-unsaturated/α-hetero) is 1. The van der Waals surface area contributed by atoms with Crippen LogP contribution in [0, 0.1) is 39.4 Å². The highest BCUT2D eigenvalue weighted by Crippen LogP contribution is 2.72. The van der Waals surface area contributed by atoms with Gasteiger partial charge in [-0.1, -0.05) is 33.8 Å². The molecular formula is C28H39FO6. The van der Waals surface area contributed by atoms with Gasteiger partial charge in [0.2, 0.25) is 5.78 Å². The Morgan fingerprint density at radius 3 is 2.40 bits per heavy atom. The number of halogens is 1. The number of rotatable bonds is 3. The highest BCUT2D eigenvalue weighted by atomic mass is 19.1. The molecule has 194 valence electrons. The summed E-state index contributed by atoms with van der Waals surface area (Å²) in [7, 11) is 0. The van der Waals surface area contributed by atoms with Crippen LogP contribution in [-0.2, 0) is 19.1 Å². The van der Waals surface area contributed by atoms with Crippen molar-refractivity contribution in [3.8, 4) is 0 Å². The predicted molar refractivity (Wildman–Crippen MR) is 128 cm³/mol. The van der Waals surface area contributed by atoms with Crippen molar-refractivity contribution in [2.45, 2.75) is 85.6 Å². The summed E-state index contributed by atoms with van der Waals surface area (Å²) >= 11 is 0. The van der Waals surface area contributed by atoms with Crippen LogP contribution < -0.4 is 0 Å². The van der Waals surface area contributed by atoms with E-state index < -0.39 is 63.8 Å². The summed E-state index contributed by atoms with van der Waals surface area (Å²) in [6.45, 7) is 12.0. The number of carbonyl (C=O) groups is 3. The van der Waals surface area contributed by atoms with Gasteiger partial charge in [0.05, 0.1) is 11.5 Å². The van der Waals surface area contributed by atoms with E-state index in [0.29, 0.717) is 12.0 Å². The van der Waals surface area contributed by atoms with Crippen molar-refractivity contribution in [2.24, 2.45) is 39.4 Å². The van der Waals surface area contributed by atoms with E-state index >= 15 is 4.39 Å². The Bertz CT molecular complexity index is 1020. The third kappa shape index (κ3) is 3.29. The van der Waals surface area contributed by atoms with E-state index in [2.05, 4.69) is 0 Å². The molecule has 0 spiro atoms. The van der Waals surface area contributed by atoms with Crippen molar-refractivity contribution >= 4 is 17.5 Å². The molecule has 0 aromatic heterocycles. The average molecular weight is 491 g/mol. The van der Waals surface area contributed by atoms with E-state index in [1.807, 2.05) is 20.8 Å². The van der Waals surface area contributed by atoms with Crippen molar-refractivity contribution in [3.05, 3.63) is 23.8 Å². The molecule has 2 unspecified atom stereocenters. The summed E-state index contributed by atoms with van der Waals surface area (Å²) in [5.41, 5.74) is -4.87. The molecule has 6 nitrogen and oxygen atoms in total. The lowest BCUT2D eigenvalue weighted by atomic mass is 9.39. The first kappa shape index (κ1) is 26.2. The number of alkyl halides is 1. The third-order valence-electron chi connectivity index (χ3n) is 10.3. The normalized spacial score (nSPS) is 46.9. The van der Waals surface area contributed by atoms with Gasteiger partial charge < -0.3 is 14.9 Å².